The van der Waals surface area contributed by atoms with E-state index in [0.717, 1.165) is 5.56 Å². The van der Waals surface area contributed by atoms with Crippen LogP contribution < -0.4 is 19.5 Å². The Morgan fingerprint density at radius 3 is 2.21 bits per heavy atom. The van der Waals surface area contributed by atoms with Gasteiger partial charge in [-0.2, -0.15) is 5.26 Å². The molecule has 0 aliphatic heterocycles. The van der Waals surface area contributed by atoms with Crippen molar-refractivity contribution < 1.29 is 23.8 Å². The minimum absolute atomic E-state index is 0.0828. The highest BCUT2D eigenvalue weighted by Crippen LogP contribution is 2.30. The van der Waals surface area contributed by atoms with Gasteiger partial charge in [0.1, 0.15) is 17.4 Å². The van der Waals surface area contributed by atoms with Crippen molar-refractivity contribution in [1.82, 2.24) is 0 Å². The molecule has 0 heterocycles. The summed E-state index contributed by atoms with van der Waals surface area (Å²) in [5, 5.41) is 12.1. The van der Waals surface area contributed by atoms with E-state index in [4.69, 9.17) is 14.2 Å². The van der Waals surface area contributed by atoms with Crippen LogP contribution in [0.5, 0.6) is 17.2 Å². The molecule has 0 fully saturated rings. The summed E-state index contributed by atoms with van der Waals surface area (Å²) in [5.74, 6) is 0.0182. The molecule has 1 amide bonds. The van der Waals surface area contributed by atoms with Gasteiger partial charge in [0.15, 0.2) is 11.5 Å². The number of nitrogens with one attached hydrogen (secondary N) is 1. The number of aryl methyl sites for hydroxylation is 1. The number of hydrogen-bond acceptors (Lipinski definition) is 6. The van der Waals surface area contributed by atoms with Crippen LogP contribution in [0.15, 0.2) is 72.3 Å². The lowest BCUT2D eigenvalue weighted by Gasteiger charge is -2.10. The second kappa shape index (κ2) is 10.6. The molecule has 0 bridgehead atoms. The average Bonchev–Trinajstić information content (AvgIpc) is 2.84. The zero-order chi connectivity index (χ0) is 23.8. The maximum atomic E-state index is 12.5. The molecular weight excluding hydrogens is 420 g/mol. The smallest absolute Gasteiger partial charge is 0.343 e. The summed E-state index contributed by atoms with van der Waals surface area (Å²) in [6.07, 6.45) is 1.43. The maximum Gasteiger partial charge on any atom is 0.343 e. The molecule has 0 aromatic heterocycles. The number of carbonyl (C=O) groups excluding carboxylic acids is 2. The Bertz CT molecular complexity index is 1220. The molecule has 3 aromatic rings. The Hall–Kier alpha value is -4.57. The van der Waals surface area contributed by atoms with Crippen molar-refractivity contribution in [1.29, 1.82) is 5.26 Å². The maximum absolute atomic E-state index is 12.5. The fourth-order valence-electron chi connectivity index (χ4n) is 2.89. The van der Waals surface area contributed by atoms with Gasteiger partial charge in [0.25, 0.3) is 5.91 Å². The number of anilines is 1. The molecular formula is C26H22N2O5. The summed E-state index contributed by atoms with van der Waals surface area (Å²) < 4.78 is 15.9. The molecule has 7 nitrogen and oxygen atoms in total. The van der Waals surface area contributed by atoms with Crippen LogP contribution in [0.1, 0.15) is 21.5 Å². The van der Waals surface area contributed by atoms with E-state index in [0.29, 0.717) is 22.6 Å². The summed E-state index contributed by atoms with van der Waals surface area (Å²) in [5.41, 5.74) is 2.45. The van der Waals surface area contributed by atoms with Gasteiger partial charge in [0, 0.05) is 5.69 Å². The molecule has 0 unspecified atom stereocenters. The largest absolute Gasteiger partial charge is 0.497 e. The number of benzene rings is 3. The van der Waals surface area contributed by atoms with Crippen LogP contribution in [0.2, 0.25) is 0 Å². The van der Waals surface area contributed by atoms with E-state index in [9.17, 15) is 14.9 Å². The second-order valence-corrected chi connectivity index (χ2v) is 7.02. The summed E-state index contributed by atoms with van der Waals surface area (Å²) in [7, 11) is 2.97. The highest BCUT2D eigenvalue weighted by molar-refractivity contribution is 6.09. The summed E-state index contributed by atoms with van der Waals surface area (Å²) in [6, 6.07) is 20.4. The fourth-order valence-corrected chi connectivity index (χ4v) is 2.89. The van der Waals surface area contributed by atoms with Crippen LogP contribution in [0.4, 0.5) is 5.69 Å². The normalized spacial score (nSPS) is 10.7. The highest BCUT2D eigenvalue weighted by Gasteiger charge is 2.14. The van der Waals surface area contributed by atoms with Gasteiger partial charge in [-0.15, -0.1) is 0 Å². The van der Waals surface area contributed by atoms with Gasteiger partial charge in [0.05, 0.1) is 19.8 Å². The minimum atomic E-state index is -0.561. The van der Waals surface area contributed by atoms with E-state index < -0.39 is 11.9 Å². The third kappa shape index (κ3) is 5.99. The van der Waals surface area contributed by atoms with Crippen LogP contribution in [-0.2, 0) is 4.79 Å². The molecule has 0 radical (unpaired) electrons. The number of amides is 1. The third-order valence-electron chi connectivity index (χ3n) is 4.70. The molecule has 33 heavy (non-hydrogen) atoms. The Morgan fingerprint density at radius 1 is 0.909 bits per heavy atom. The van der Waals surface area contributed by atoms with Crippen molar-refractivity contribution in [2.75, 3.05) is 19.5 Å². The van der Waals surface area contributed by atoms with Crippen molar-refractivity contribution >= 4 is 23.6 Å². The van der Waals surface area contributed by atoms with Crippen LogP contribution in [0, 0.1) is 18.3 Å². The topological polar surface area (TPSA) is 97.7 Å². The van der Waals surface area contributed by atoms with E-state index in [1.807, 2.05) is 25.1 Å². The van der Waals surface area contributed by atoms with Crippen molar-refractivity contribution in [3.63, 3.8) is 0 Å². The number of methoxy groups -OCH3 is 2. The van der Waals surface area contributed by atoms with Gasteiger partial charge in [-0.1, -0.05) is 23.8 Å². The average molecular weight is 442 g/mol. The number of nitrogens with zero attached hydrogens (tertiary/aromatic N) is 1. The van der Waals surface area contributed by atoms with E-state index in [1.54, 1.807) is 54.6 Å². The quantitative estimate of drug-likeness (QED) is 0.245. The lowest BCUT2D eigenvalue weighted by molar-refractivity contribution is -0.112. The molecule has 0 aliphatic carbocycles. The lowest BCUT2D eigenvalue weighted by atomic mass is 10.1. The Kier molecular flexibility index (Phi) is 7.45. The molecule has 0 atom stereocenters. The number of rotatable bonds is 7. The van der Waals surface area contributed by atoms with Gasteiger partial charge in [-0.25, -0.2) is 4.79 Å². The molecule has 166 valence electrons. The van der Waals surface area contributed by atoms with E-state index >= 15 is 0 Å². The summed E-state index contributed by atoms with van der Waals surface area (Å²) in [6.45, 7) is 1.94. The first-order chi connectivity index (χ1) is 15.9. The van der Waals surface area contributed by atoms with Gasteiger partial charge < -0.3 is 19.5 Å². The first kappa shape index (κ1) is 23.1. The molecule has 0 aliphatic rings. The summed E-state index contributed by atoms with van der Waals surface area (Å²) in [4.78, 5) is 24.9. The second-order valence-electron chi connectivity index (χ2n) is 7.02. The first-order valence-corrected chi connectivity index (χ1v) is 9.97. The number of nitriles is 1. The Balaban J connectivity index is 1.77. The zero-order valence-corrected chi connectivity index (χ0v) is 18.4. The SMILES string of the molecule is COc1ccc(C(=O)Oc2ccc(/C=C(\C#N)C(=O)Nc3ccc(C)cc3)cc2OC)cc1. The van der Waals surface area contributed by atoms with Crippen molar-refractivity contribution in [3.8, 4) is 23.3 Å². The molecule has 3 aromatic carbocycles. The van der Waals surface area contributed by atoms with Crippen molar-refractivity contribution in [3.05, 3.63) is 89.0 Å². The first-order valence-electron chi connectivity index (χ1n) is 9.97. The molecule has 0 spiro atoms. The molecule has 3 rings (SSSR count). The number of ether oxygens (including phenoxy) is 3. The van der Waals surface area contributed by atoms with Crippen LogP contribution in [0.25, 0.3) is 6.08 Å². The monoisotopic (exact) mass is 442 g/mol. The van der Waals surface area contributed by atoms with Crippen LogP contribution in [-0.4, -0.2) is 26.1 Å². The van der Waals surface area contributed by atoms with Crippen molar-refractivity contribution in [2.45, 2.75) is 6.92 Å². The molecule has 0 saturated carbocycles. The van der Waals surface area contributed by atoms with Gasteiger partial charge in [0.2, 0.25) is 0 Å². The number of hydrogen-bond donors (Lipinski definition) is 1. The Labute approximate surface area is 191 Å². The van der Waals surface area contributed by atoms with E-state index in [-0.39, 0.29) is 17.1 Å². The van der Waals surface area contributed by atoms with E-state index in [1.165, 1.54) is 20.3 Å². The van der Waals surface area contributed by atoms with Crippen LogP contribution >= 0.6 is 0 Å². The van der Waals surface area contributed by atoms with E-state index in [2.05, 4.69) is 5.32 Å². The zero-order valence-electron chi connectivity index (χ0n) is 18.4. The Morgan fingerprint density at radius 2 is 1.61 bits per heavy atom. The fraction of sp³-hybridized carbons (Fsp3) is 0.115. The minimum Gasteiger partial charge on any atom is -0.497 e. The van der Waals surface area contributed by atoms with Crippen LogP contribution in [0.3, 0.4) is 0 Å². The van der Waals surface area contributed by atoms with Gasteiger partial charge >= 0.3 is 5.97 Å². The number of esters is 1. The molecule has 7 heteroatoms. The standard InChI is InChI=1S/C26H22N2O5/c1-17-4-9-21(10-5-17)28-25(29)20(16-27)14-18-6-13-23(24(15-18)32-3)33-26(30)19-7-11-22(31-2)12-8-19/h4-15H,1-3H3,(H,28,29)/b20-14+. The number of carbonyl (C=O) groups is 2. The third-order valence-corrected chi connectivity index (χ3v) is 4.70. The predicted octanol–water partition coefficient (Wildman–Crippen LogP) is 4.78. The lowest BCUT2D eigenvalue weighted by Crippen LogP contribution is -2.13. The molecule has 0 saturated heterocycles. The van der Waals surface area contributed by atoms with Gasteiger partial charge in [-0.3, -0.25) is 4.79 Å². The van der Waals surface area contributed by atoms with Gasteiger partial charge in [-0.05, 0) is 67.1 Å². The summed E-state index contributed by atoms with van der Waals surface area (Å²) >= 11 is 0. The molecule has 1 N–H and O–H groups in total. The highest BCUT2D eigenvalue weighted by atomic mass is 16.6. The predicted molar refractivity (Wildman–Crippen MR) is 124 cm³/mol. The van der Waals surface area contributed by atoms with Crippen molar-refractivity contribution in [2.24, 2.45) is 0 Å².